The van der Waals surface area contributed by atoms with E-state index in [0.29, 0.717) is 22.7 Å². The van der Waals surface area contributed by atoms with Crippen LogP contribution in [0.4, 0.5) is 5.69 Å². The first kappa shape index (κ1) is 22.5. The first-order chi connectivity index (χ1) is 14.0. The third-order valence-electron chi connectivity index (χ3n) is 4.65. The van der Waals surface area contributed by atoms with Crippen molar-refractivity contribution in [2.75, 3.05) is 12.4 Å². The number of methoxy groups -OCH3 is 1. The van der Waals surface area contributed by atoms with Gasteiger partial charge in [-0.15, -0.1) is 0 Å². The van der Waals surface area contributed by atoms with Gasteiger partial charge in [-0.2, -0.15) is 0 Å². The number of ketones is 1. The van der Waals surface area contributed by atoms with E-state index in [0.717, 1.165) is 17.5 Å². The molecule has 1 aliphatic heterocycles. The molecule has 0 saturated heterocycles. The van der Waals surface area contributed by atoms with Gasteiger partial charge in [0.25, 0.3) is 9.70 Å². The van der Waals surface area contributed by atoms with Crippen LogP contribution < -0.4 is 15.4 Å². The summed E-state index contributed by atoms with van der Waals surface area (Å²) in [6.45, 7) is 4.15. The highest BCUT2D eigenvalue weighted by Gasteiger charge is 2.31. The molecule has 8 heteroatoms. The van der Waals surface area contributed by atoms with Gasteiger partial charge in [0.2, 0.25) is 0 Å². The average Bonchev–Trinajstić information content (AvgIpc) is 2.66. The molecule has 2 aromatic rings. The van der Waals surface area contributed by atoms with Crippen LogP contribution in [0.5, 0.6) is 5.75 Å². The molecule has 0 atom stereocenters. The lowest BCUT2D eigenvalue weighted by molar-refractivity contribution is -0.115. The average molecular weight is 468 g/mol. The molecule has 0 unspecified atom stereocenters. The van der Waals surface area contributed by atoms with Crippen LogP contribution in [0.3, 0.4) is 0 Å². The molecule has 2 aromatic carbocycles. The van der Waals surface area contributed by atoms with Gasteiger partial charge in [0.15, 0.2) is 5.78 Å². The van der Waals surface area contributed by atoms with Crippen molar-refractivity contribution in [3.8, 4) is 5.75 Å². The lowest BCUT2D eigenvalue weighted by atomic mass is 9.85. The number of carbonyl (C=O) groups is 2. The van der Waals surface area contributed by atoms with Crippen LogP contribution in [0.1, 0.15) is 35.3 Å². The van der Waals surface area contributed by atoms with Gasteiger partial charge in [-0.3, -0.25) is 9.59 Å². The molecule has 2 N–H and O–H groups in total. The highest BCUT2D eigenvalue weighted by atomic mass is 35.6. The summed E-state index contributed by atoms with van der Waals surface area (Å²) in [6, 6.07) is 12.3. The molecule has 1 heterocycles. The van der Waals surface area contributed by atoms with Crippen LogP contribution in [-0.4, -0.2) is 28.1 Å². The zero-order valence-corrected chi connectivity index (χ0v) is 19.0. The fourth-order valence-corrected chi connectivity index (χ4v) is 3.46. The number of ether oxygens (including phenoxy) is 1. The van der Waals surface area contributed by atoms with Crippen LogP contribution in [0.25, 0.3) is 5.70 Å². The Morgan fingerprint density at radius 2 is 1.90 bits per heavy atom. The Kier molecular flexibility index (Phi) is 6.37. The Bertz CT molecular complexity index is 1030. The van der Waals surface area contributed by atoms with E-state index in [2.05, 4.69) is 24.5 Å². The number of hydrogen-bond acceptors (Lipinski definition) is 4. The van der Waals surface area contributed by atoms with Crippen molar-refractivity contribution in [3.63, 3.8) is 0 Å². The summed E-state index contributed by atoms with van der Waals surface area (Å²) in [4.78, 5) is 24.9. The van der Waals surface area contributed by atoms with Gasteiger partial charge in [0, 0.05) is 34.1 Å². The minimum absolute atomic E-state index is 0.214. The molecular formula is C22H21Cl3N2O3. The maximum atomic E-state index is 13.0. The van der Waals surface area contributed by atoms with Gasteiger partial charge in [0.05, 0.1) is 7.11 Å². The monoisotopic (exact) mass is 466 g/mol. The number of fused-ring (bicyclic) bond motifs is 1. The van der Waals surface area contributed by atoms with Crippen LogP contribution >= 0.6 is 34.8 Å². The summed E-state index contributed by atoms with van der Waals surface area (Å²) in [5.74, 6) is -0.314. The second-order valence-electron chi connectivity index (χ2n) is 7.66. The Hall–Kier alpha value is -2.21. The molecule has 5 nitrogen and oxygen atoms in total. The van der Waals surface area contributed by atoms with E-state index in [1.165, 1.54) is 6.07 Å². The summed E-state index contributed by atoms with van der Waals surface area (Å²) < 4.78 is 3.24. The number of alkyl halides is 3. The quantitative estimate of drug-likeness (QED) is 0.371. The Labute approximate surface area is 190 Å². The van der Waals surface area contributed by atoms with Crippen molar-refractivity contribution in [2.24, 2.45) is 0 Å². The number of anilines is 1. The molecule has 1 aliphatic rings. The molecule has 30 heavy (non-hydrogen) atoms. The topological polar surface area (TPSA) is 67.4 Å². The molecule has 0 spiro atoms. The van der Waals surface area contributed by atoms with Crippen molar-refractivity contribution in [1.82, 2.24) is 5.32 Å². The van der Waals surface area contributed by atoms with Crippen molar-refractivity contribution in [1.29, 1.82) is 0 Å². The van der Waals surface area contributed by atoms with E-state index < -0.39 is 9.70 Å². The number of rotatable bonds is 4. The minimum atomic E-state index is -2.09. The van der Waals surface area contributed by atoms with Gasteiger partial charge < -0.3 is 15.4 Å². The number of amides is 1. The molecule has 0 saturated carbocycles. The maximum Gasteiger partial charge on any atom is 0.276 e. The van der Waals surface area contributed by atoms with Crippen molar-refractivity contribution in [2.45, 2.75) is 29.6 Å². The van der Waals surface area contributed by atoms with Gasteiger partial charge >= 0.3 is 0 Å². The fourth-order valence-electron chi connectivity index (χ4n) is 3.32. The lowest BCUT2D eigenvalue weighted by Gasteiger charge is -2.35. The smallest absolute Gasteiger partial charge is 0.276 e. The third-order valence-corrected chi connectivity index (χ3v) is 5.17. The number of benzene rings is 2. The van der Waals surface area contributed by atoms with Crippen LogP contribution in [0, 0.1) is 0 Å². The van der Waals surface area contributed by atoms with Crippen LogP contribution in [0.15, 0.2) is 48.5 Å². The SMILES string of the molecule is COc1ccc2c(c1)C(=CC(=O)c1cccc(NC(=O)C(Cl)(Cl)Cl)c1)NC(C)(C)C2. The molecule has 3 rings (SSSR count). The van der Waals surface area contributed by atoms with E-state index in [1.54, 1.807) is 31.4 Å². The van der Waals surface area contributed by atoms with Gasteiger partial charge in [-0.05, 0) is 50.1 Å². The van der Waals surface area contributed by atoms with E-state index in [-0.39, 0.29) is 11.3 Å². The molecule has 0 aliphatic carbocycles. The Balaban J connectivity index is 1.93. The first-order valence-corrected chi connectivity index (χ1v) is 10.3. The highest BCUT2D eigenvalue weighted by molar-refractivity contribution is 6.76. The number of carbonyl (C=O) groups excluding carboxylic acids is 2. The maximum absolute atomic E-state index is 13.0. The first-order valence-electron chi connectivity index (χ1n) is 9.18. The minimum Gasteiger partial charge on any atom is -0.497 e. The molecule has 0 bridgehead atoms. The van der Waals surface area contributed by atoms with Crippen molar-refractivity contribution < 1.29 is 14.3 Å². The Morgan fingerprint density at radius 1 is 1.17 bits per heavy atom. The van der Waals surface area contributed by atoms with Crippen LogP contribution in [-0.2, 0) is 11.2 Å². The summed E-state index contributed by atoms with van der Waals surface area (Å²) in [7, 11) is 1.60. The third kappa shape index (κ3) is 5.28. The number of nitrogens with one attached hydrogen (secondary N) is 2. The van der Waals surface area contributed by atoms with Gasteiger partial charge in [-0.1, -0.05) is 53.0 Å². The summed E-state index contributed by atoms with van der Waals surface area (Å²) in [6.07, 6.45) is 2.37. The zero-order valence-electron chi connectivity index (χ0n) is 16.7. The second kappa shape index (κ2) is 8.50. The van der Waals surface area contributed by atoms with Crippen molar-refractivity contribution >= 4 is 57.9 Å². The second-order valence-corrected chi connectivity index (χ2v) is 9.94. The van der Waals surface area contributed by atoms with Crippen molar-refractivity contribution in [3.05, 3.63) is 65.2 Å². The van der Waals surface area contributed by atoms with E-state index >= 15 is 0 Å². The summed E-state index contributed by atoms with van der Waals surface area (Å²) in [5, 5.41) is 5.91. The molecule has 0 aromatic heterocycles. The van der Waals surface area contributed by atoms with Gasteiger partial charge in [-0.25, -0.2) is 0 Å². The fraction of sp³-hybridized carbons (Fsp3) is 0.273. The molecule has 0 fully saturated rings. The van der Waals surface area contributed by atoms with E-state index in [9.17, 15) is 9.59 Å². The zero-order chi connectivity index (χ0) is 22.1. The largest absolute Gasteiger partial charge is 0.497 e. The molecular weight excluding hydrogens is 447 g/mol. The normalized spacial score (nSPS) is 16.4. The predicted molar refractivity (Wildman–Crippen MR) is 122 cm³/mol. The van der Waals surface area contributed by atoms with E-state index in [4.69, 9.17) is 39.5 Å². The number of halogens is 3. The highest BCUT2D eigenvalue weighted by Crippen LogP contribution is 2.33. The molecule has 158 valence electrons. The predicted octanol–water partition coefficient (Wildman–Crippen LogP) is 5.15. The molecule has 0 radical (unpaired) electrons. The van der Waals surface area contributed by atoms with Crippen LogP contribution in [0.2, 0.25) is 0 Å². The van der Waals surface area contributed by atoms with Gasteiger partial charge in [0.1, 0.15) is 5.75 Å². The molecule has 1 amide bonds. The number of hydrogen-bond donors (Lipinski definition) is 2. The van der Waals surface area contributed by atoms with E-state index in [1.807, 2.05) is 18.2 Å². The standard InChI is InChI=1S/C22H21Cl3N2O3/c1-21(2)12-14-7-8-16(30-3)10-17(14)18(27-21)11-19(28)13-5-4-6-15(9-13)26-20(29)22(23,24)25/h4-11,27H,12H2,1-3H3,(H,26,29). The summed E-state index contributed by atoms with van der Waals surface area (Å²) >= 11 is 16.8. The lowest BCUT2D eigenvalue weighted by Crippen LogP contribution is -2.43. The Morgan fingerprint density at radius 3 is 2.57 bits per heavy atom. The number of allylic oxidation sites excluding steroid dienone is 1. The summed E-state index contributed by atoms with van der Waals surface area (Å²) in [5.41, 5.74) is 3.29.